The first kappa shape index (κ1) is 12.3. The second kappa shape index (κ2) is 5.93. The molecule has 0 bridgehead atoms. The lowest BCUT2D eigenvalue weighted by molar-refractivity contribution is 0.636. The average molecular weight is 295 g/mol. The van der Waals surface area contributed by atoms with Gasteiger partial charge in [-0.1, -0.05) is 6.07 Å². The van der Waals surface area contributed by atoms with Crippen LogP contribution in [0, 0.1) is 0 Å². The van der Waals surface area contributed by atoms with E-state index in [0.29, 0.717) is 0 Å². The summed E-state index contributed by atoms with van der Waals surface area (Å²) in [5, 5.41) is 7.51. The molecule has 0 atom stereocenters. The maximum atomic E-state index is 4.36. The van der Waals surface area contributed by atoms with Crippen LogP contribution in [0.5, 0.6) is 0 Å². The molecule has 2 heterocycles. The molecule has 0 radical (unpaired) electrons. The molecule has 0 aromatic carbocycles. The van der Waals surface area contributed by atoms with Crippen molar-refractivity contribution in [2.45, 2.75) is 13.0 Å². The van der Waals surface area contributed by atoms with E-state index in [1.165, 1.54) is 5.69 Å². The van der Waals surface area contributed by atoms with Crippen molar-refractivity contribution in [2.24, 2.45) is 7.05 Å². The third kappa shape index (κ3) is 3.64. The van der Waals surface area contributed by atoms with Crippen molar-refractivity contribution in [1.82, 2.24) is 20.1 Å². The van der Waals surface area contributed by atoms with Crippen LogP contribution in [-0.4, -0.2) is 21.3 Å². The fraction of sp³-hybridized carbons (Fsp3) is 0.333. The van der Waals surface area contributed by atoms with Crippen LogP contribution in [0.15, 0.2) is 35.1 Å². The maximum Gasteiger partial charge on any atom is 0.106 e. The van der Waals surface area contributed by atoms with Gasteiger partial charge in [-0.25, -0.2) is 4.98 Å². The maximum absolute atomic E-state index is 4.36. The zero-order valence-electron chi connectivity index (χ0n) is 9.73. The van der Waals surface area contributed by atoms with Crippen LogP contribution in [0.2, 0.25) is 0 Å². The molecule has 17 heavy (non-hydrogen) atoms. The van der Waals surface area contributed by atoms with Crippen LogP contribution in [-0.2, 0) is 20.0 Å². The van der Waals surface area contributed by atoms with Crippen LogP contribution < -0.4 is 5.32 Å². The molecule has 90 valence electrons. The second-order valence-electron chi connectivity index (χ2n) is 3.82. The number of nitrogens with zero attached hydrogens (tertiary/aromatic N) is 3. The summed E-state index contributed by atoms with van der Waals surface area (Å²) in [4.78, 5) is 4.36. The Morgan fingerprint density at radius 3 is 2.94 bits per heavy atom. The normalized spacial score (nSPS) is 10.7. The highest BCUT2D eigenvalue weighted by molar-refractivity contribution is 9.10. The Hall–Kier alpha value is -1.20. The van der Waals surface area contributed by atoms with Crippen LogP contribution in [0.25, 0.3) is 0 Å². The fourth-order valence-electron chi connectivity index (χ4n) is 1.63. The molecule has 0 saturated heterocycles. The highest BCUT2D eigenvalue weighted by atomic mass is 79.9. The predicted molar refractivity (Wildman–Crippen MR) is 70.6 cm³/mol. The number of pyridine rings is 1. The first-order valence-corrected chi connectivity index (χ1v) is 6.34. The number of halogens is 1. The highest BCUT2D eigenvalue weighted by Crippen LogP contribution is 2.05. The van der Waals surface area contributed by atoms with E-state index < -0.39 is 0 Å². The summed E-state index contributed by atoms with van der Waals surface area (Å²) in [5.74, 6) is 0. The number of nitrogens with one attached hydrogen (secondary N) is 1. The molecule has 0 saturated carbocycles. The molecule has 0 aliphatic heterocycles. The summed E-state index contributed by atoms with van der Waals surface area (Å²) >= 11 is 3.36. The van der Waals surface area contributed by atoms with Gasteiger partial charge in [-0.15, -0.1) is 0 Å². The average Bonchev–Trinajstić information content (AvgIpc) is 2.71. The first-order chi connectivity index (χ1) is 8.25. The van der Waals surface area contributed by atoms with Crippen molar-refractivity contribution in [2.75, 3.05) is 6.54 Å². The summed E-state index contributed by atoms with van der Waals surface area (Å²) in [6, 6.07) is 7.98. The number of rotatable bonds is 5. The van der Waals surface area contributed by atoms with Gasteiger partial charge in [0, 0.05) is 38.4 Å². The minimum Gasteiger partial charge on any atom is -0.311 e. The zero-order chi connectivity index (χ0) is 12.1. The second-order valence-corrected chi connectivity index (χ2v) is 4.64. The molecule has 0 fully saturated rings. The Balaban J connectivity index is 1.75. The highest BCUT2D eigenvalue weighted by Gasteiger charge is 1.99. The summed E-state index contributed by atoms with van der Waals surface area (Å²) < 4.78 is 2.78. The lowest BCUT2D eigenvalue weighted by Gasteiger charge is -2.05. The predicted octanol–water partition coefficient (Wildman–Crippen LogP) is 1.91. The van der Waals surface area contributed by atoms with Crippen LogP contribution in [0.1, 0.15) is 11.4 Å². The van der Waals surface area contributed by atoms with Gasteiger partial charge in [0.15, 0.2) is 0 Å². The molecule has 0 unspecified atom stereocenters. The van der Waals surface area contributed by atoms with Gasteiger partial charge < -0.3 is 5.32 Å². The summed E-state index contributed by atoms with van der Waals surface area (Å²) in [5.41, 5.74) is 2.28. The monoisotopic (exact) mass is 294 g/mol. The zero-order valence-corrected chi connectivity index (χ0v) is 11.3. The van der Waals surface area contributed by atoms with Gasteiger partial charge in [0.1, 0.15) is 4.60 Å². The van der Waals surface area contributed by atoms with Crippen LogP contribution >= 0.6 is 15.9 Å². The number of aromatic nitrogens is 3. The molecule has 0 aliphatic carbocycles. The van der Waals surface area contributed by atoms with Gasteiger partial charge in [0.25, 0.3) is 0 Å². The Morgan fingerprint density at radius 2 is 2.24 bits per heavy atom. The van der Waals surface area contributed by atoms with Crippen molar-refractivity contribution in [3.8, 4) is 0 Å². The molecule has 0 spiro atoms. The van der Waals surface area contributed by atoms with Crippen molar-refractivity contribution in [1.29, 1.82) is 0 Å². The van der Waals surface area contributed by atoms with E-state index in [4.69, 9.17) is 0 Å². The molecule has 2 aromatic rings. The summed E-state index contributed by atoms with van der Waals surface area (Å²) in [6.45, 7) is 1.71. The van der Waals surface area contributed by atoms with Crippen molar-refractivity contribution < 1.29 is 0 Å². The quantitative estimate of drug-likeness (QED) is 0.677. The molecular weight excluding hydrogens is 280 g/mol. The van der Waals surface area contributed by atoms with E-state index in [-0.39, 0.29) is 0 Å². The minimum absolute atomic E-state index is 0.789. The number of hydrogen-bond donors (Lipinski definition) is 1. The molecular formula is C12H15BrN4. The largest absolute Gasteiger partial charge is 0.311 e. The van der Waals surface area contributed by atoms with Gasteiger partial charge in [0.2, 0.25) is 0 Å². The van der Waals surface area contributed by atoms with Crippen molar-refractivity contribution >= 4 is 15.9 Å². The lowest BCUT2D eigenvalue weighted by Crippen LogP contribution is -2.18. The molecule has 0 amide bonds. The van der Waals surface area contributed by atoms with Crippen molar-refractivity contribution in [3.63, 3.8) is 0 Å². The molecule has 1 N–H and O–H groups in total. The Bertz CT molecular complexity index is 481. The number of hydrogen-bond acceptors (Lipinski definition) is 3. The lowest BCUT2D eigenvalue weighted by atomic mass is 10.3. The summed E-state index contributed by atoms with van der Waals surface area (Å²) in [7, 11) is 1.96. The van der Waals surface area contributed by atoms with Gasteiger partial charge in [0.05, 0.1) is 5.69 Å². The first-order valence-electron chi connectivity index (χ1n) is 5.55. The SMILES string of the molecule is Cn1nccc1CCNCc1cccc(Br)n1. The topological polar surface area (TPSA) is 42.7 Å². The van der Waals surface area contributed by atoms with E-state index in [0.717, 1.165) is 29.8 Å². The third-order valence-electron chi connectivity index (χ3n) is 2.56. The van der Waals surface area contributed by atoms with E-state index >= 15 is 0 Å². The van der Waals surface area contributed by atoms with Gasteiger partial charge in [-0.05, 0) is 34.1 Å². The Morgan fingerprint density at radius 1 is 1.35 bits per heavy atom. The van der Waals surface area contributed by atoms with E-state index in [1.807, 2.05) is 42.2 Å². The van der Waals surface area contributed by atoms with Crippen LogP contribution in [0.3, 0.4) is 0 Å². The summed E-state index contributed by atoms with van der Waals surface area (Å²) in [6.07, 6.45) is 2.80. The van der Waals surface area contributed by atoms with E-state index in [1.54, 1.807) is 0 Å². The van der Waals surface area contributed by atoms with Gasteiger partial charge >= 0.3 is 0 Å². The molecule has 5 heteroatoms. The van der Waals surface area contributed by atoms with Crippen LogP contribution in [0.4, 0.5) is 0 Å². The fourth-order valence-corrected chi connectivity index (χ4v) is 2.01. The third-order valence-corrected chi connectivity index (χ3v) is 3.00. The number of aryl methyl sites for hydroxylation is 1. The molecule has 2 aromatic heterocycles. The molecule has 0 aliphatic rings. The van der Waals surface area contributed by atoms with Gasteiger partial charge in [-0.2, -0.15) is 5.10 Å². The minimum atomic E-state index is 0.789. The molecule has 4 nitrogen and oxygen atoms in total. The van der Waals surface area contributed by atoms with E-state index in [2.05, 4.69) is 31.3 Å². The Kier molecular flexibility index (Phi) is 4.28. The van der Waals surface area contributed by atoms with Gasteiger partial charge in [-0.3, -0.25) is 4.68 Å². The van der Waals surface area contributed by atoms with Crippen molar-refractivity contribution in [3.05, 3.63) is 46.5 Å². The smallest absolute Gasteiger partial charge is 0.106 e. The standard InChI is InChI=1S/C12H15BrN4/c1-17-11(6-8-15-17)5-7-14-9-10-3-2-4-12(13)16-10/h2-4,6,8,14H,5,7,9H2,1H3. The van der Waals surface area contributed by atoms with E-state index in [9.17, 15) is 0 Å². The molecule has 2 rings (SSSR count). The Labute approximate surface area is 109 Å².